The standard InChI is InChI=1S/C21H25N3O3S/c1-23(14-19-22-9-12-28-19)20(25)16-3-2-4-18(13-16)27-17-7-10-24(11-8-17)21(26)15-5-6-15/h2-4,9,12-13,15,17H,5-8,10-11,14H2,1H3. The third-order valence-corrected chi connectivity index (χ3v) is 6.03. The Labute approximate surface area is 169 Å². The summed E-state index contributed by atoms with van der Waals surface area (Å²) in [5.74, 6) is 1.25. The summed E-state index contributed by atoms with van der Waals surface area (Å²) in [7, 11) is 1.78. The van der Waals surface area contributed by atoms with Crippen molar-refractivity contribution in [3.05, 3.63) is 46.4 Å². The third-order valence-electron chi connectivity index (χ3n) is 5.27. The molecule has 0 bridgehead atoms. The predicted molar refractivity (Wildman–Crippen MR) is 107 cm³/mol. The van der Waals surface area contributed by atoms with Crippen molar-refractivity contribution in [2.75, 3.05) is 20.1 Å². The first kappa shape index (κ1) is 18.9. The Hall–Kier alpha value is -2.41. The summed E-state index contributed by atoms with van der Waals surface area (Å²) in [5, 5.41) is 2.82. The molecule has 0 N–H and O–H groups in total. The maximum atomic E-state index is 12.7. The number of hydrogen-bond acceptors (Lipinski definition) is 5. The second-order valence-electron chi connectivity index (χ2n) is 7.53. The average molecular weight is 400 g/mol. The van der Waals surface area contributed by atoms with Gasteiger partial charge < -0.3 is 14.5 Å². The third kappa shape index (κ3) is 4.52. The molecule has 0 atom stereocenters. The molecule has 2 amide bonds. The highest BCUT2D eigenvalue weighted by molar-refractivity contribution is 7.09. The lowest BCUT2D eigenvalue weighted by Crippen LogP contribution is -2.42. The molecule has 1 aliphatic heterocycles. The Balaban J connectivity index is 1.32. The molecular weight excluding hydrogens is 374 g/mol. The van der Waals surface area contributed by atoms with Gasteiger partial charge in [-0.1, -0.05) is 6.07 Å². The molecule has 28 heavy (non-hydrogen) atoms. The van der Waals surface area contributed by atoms with Gasteiger partial charge in [-0.25, -0.2) is 4.98 Å². The summed E-state index contributed by atoms with van der Waals surface area (Å²) < 4.78 is 6.12. The van der Waals surface area contributed by atoms with E-state index in [-0.39, 0.29) is 17.9 Å². The van der Waals surface area contributed by atoms with Crippen LogP contribution < -0.4 is 4.74 Å². The molecule has 6 nitrogen and oxygen atoms in total. The number of rotatable bonds is 6. The maximum Gasteiger partial charge on any atom is 0.254 e. The van der Waals surface area contributed by atoms with Crippen molar-refractivity contribution in [1.82, 2.24) is 14.8 Å². The zero-order valence-electron chi connectivity index (χ0n) is 16.0. The first-order chi connectivity index (χ1) is 13.6. The van der Waals surface area contributed by atoms with Crippen LogP contribution >= 0.6 is 11.3 Å². The number of carbonyl (C=O) groups excluding carboxylic acids is 2. The fourth-order valence-corrected chi connectivity index (χ4v) is 4.17. The van der Waals surface area contributed by atoms with Gasteiger partial charge in [0.05, 0.1) is 6.54 Å². The molecule has 0 unspecified atom stereocenters. The van der Waals surface area contributed by atoms with E-state index < -0.39 is 0 Å². The van der Waals surface area contributed by atoms with Crippen molar-refractivity contribution in [2.45, 2.75) is 38.3 Å². The van der Waals surface area contributed by atoms with Gasteiger partial charge in [-0.05, 0) is 31.0 Å². The SMILES string of the molecule is CN(Cc1nccs1)C(=O)c1cccc(OC2CCN(C(=O)C3CC3)CC2)c1. The van der Waals surface area contributed by atoms with Gasteiger partial charge in [0.15, 0.2) is 0 Å². The molecule has 0 radical (unpaired) electrons. The van der Waals surface area contributed by atoms with Crippen LogP contribution in [0, 0.1) is 5.92 Å². The first-order valence-electron chi connectivity index (χ1n) is 9.79. The van der Waals surface area contributed by atoms with E-state index in [1.807, 2.05) is 34.5 Å². The van der Waals surface area contributed by atoms with Crippen molar-refractivity contribution >= 4 is 23.2 Å². The van der Waals surface area contributed by atoms with Gasteiger partial charge in [0, 0.05) is 56.0 Å². The summed E-state index contributed by atoms with van der Waals surface area (Å²) in [6.07, 6.45) is 5.60. The van der Waals surface area contributed by atoms with Crippen LogP contribution in [0.25, 0.3) is 0 Å². The Morgan fingerprint density at radius 2 is 2.04 bits per heavy atom. The lowest BCUT2D eigenvalue weighted by molar-refractivity contribution is -0.134. The Morgan fingerprint density at radius 1 is 1.25 bits per heavy atom. The zero-order chi connectivity index (χ0) is 19.5. The van der Waals surface area contributed by atoms with E-state index in [0.717, 1.165) is 43.8 Å². The summed E-state index contributed by atoms with van der Waals surface area (Å²) in [5.41, 5.74) is 0.609. The van der Waals surface area contributed by atoms with Gasteiger partial charge in [-0.3, -0.25) is 9.59 Å². The van der Waals surface area contributed by atoms with E-state index in [2.05, 4.69) is 4.98 Å². The Kier molecular flexibility index (Phi) is 5.62. The molecule has 148 valence electrons. The zero-order valence-corrected chi connectivity index (χ0v) is 16.9. The number of ether oxygens (including phenoxy) is 1. The smallest absolute Gasteiger partial charge is 0.254 e. The average Bonchev–Trinajstić information content (AvgIpc) is 3.45. The van der Waals surface area contributed by atoms with E-state index in [1.165, 1.54) is 0 Å². The number of benzene rings is 1. The lowest BCUT2D eigenvalue weighted by Gasteiger charge is -2.32. The second-order valence-corrected chi connectivity index (χ2v) is 8.51. The number of aromatic nitrogens is 1. The summed E-state index contributed by atoms with van der Waals surface area (Å²) >= 11 is 1.54. The highest BCUT2D eigenvalue weighted by atomic mass is 32.1. The maximum absolute atomic E-state index is 12.7. The van der Waals surface area contributed by atoms with Crippen LogP contribution in [0.15, 0.2) is 35.8 Å². The van der Waals surface area contributed by atoms with Crippen LogP contribution in [-0.4, -0.2) is 52.8 Å². The Morgan fingerprint density at radius 3 is 2.71 bits per heavy atom. The fourth-order valence-electron chi connectivity index (χ4n) is 3.50. The van der Waals surface area contributed by atoms with Crippen LogP contribution in [0.3, 0.4) is 0 Å². The minimum atomic E-state index is -0.0505. The van der Waals surface area contributed by atoms with Crippen molar-refractivity contribution in [2.24, 2.45) is 5.92 Å². The van der Waals surface area contributed by atoms with E-state index in [0.29, 0.717) is 23.8 Å². The van der Waals surface area contributed by atoms with E-state index in [4.69, 9.17) is 4.74 Å². The number of likely N-dealkylation sites (tertiary alicyclic amines) is 1. The predicted octanol–water partition coefficient (Wildman–Crippen LogP) is 3.20. The molecule has 7 heteroatoms. The number of hydrogen-bond donors (Lipinski definition) is 0. The minimum absolute atomic E-state index is 0.0505. The normalized spacial score (nSPS) is 17.4. The van der Waals surface area contributed by atoms with Crippen molar-refractivity contribution in [1.29, 1.82) is 0 Å². The van der Waals surface area contributed by atoms with E-state index >= 15 is 0 Å². The lowest BCUT2D eigenvalue weighted by atomic mass is 10.1. The number of piperidine rings is 1. The van der Waals surface area contributed by atoms with Gasteiger partial charge in [-0.2, -0.15) is 0 Å². The van der Waals surface area contributed by atoms with Crippen LogP contribution in [0.2, 0.25) is 0 Å². The molecular formula is C21H25N3O3S. The number of carbonyl (C=O) groups is 2. The topological polar surface area (TPSA) is 62.7 Å². The van der Waals surface area contributed by atoms with Gasteiger partial charge in [0.2, 0.25) is 5.91 Å². The Bertz CT molecular complexity index is 827. The van der Waals surface area contributed by atoms with Gasteiger partial charge >= 0.3 is 0 Å². The van der Waals surface area contributed by atoms with Crippen LogP contribution in [-0.2, 0) is 11.3 Å². The molecule has 2 fully saturated rings. The van der Waals surface area contributed by atoms with Gasteiger partial charge in [0.1, 0.15) is 16.9 Å². The molecule has 1 aliphatic carbocycles. The van der Waals surface area contributed by atoms with E-state index in [9.17, 15) is 9.59 Å². The largest absolute Gasteiger partial charge is 0.490 e. The second kappa shape index (κ2) is 8.31. The van der Waals surface area contributed by atoms with Crippen LogP contribution in [0.1, 0.15) is 41.0 Å². The van der Waals surface area contributed by atoms with Crippen molar-refractivity contribution in [3.63, 3.8) is 0 Å². The molecule has 1 saturated heterocycles. The molecule has 0 spiro atoms. The monoisotopic (exact) mass is 399 g/mol. The molecule has 2 aromatic rings. The van der Waals surface area contributed by atoms with E-state index in [1.54, 1.807) is 29.5 Å². The highest BCUT2D eigenvalue weighted by Crippen LogP contribution is 2.32. The fraction of sp³-hybridized carbons (Fsp3) is 0.476. The highest BCUT2D eigenvalue weighted by Gasteiger charge is 2.35. The molecule has 1 aromatic carbocycles. The molecule has 2 aliphatic rings. The van der Waals surface area contributed by atoms with Crippen LogP contribution in [0.5, 0.6) is 5.75 Å². The van der Waals surface area contributed by atoms with Gasteiger partial charge in [-0.15, -0.1) is 11.3 Å². The number of amides is 2. The molecule has 1 saturated carbocycles. The molecule has 2 heterocycles. The van der Waals surface area contributed by atoms with Gasteiger partial charge in [0.25, 0.3) is 5.91 Å². The first-order valence-corrected chi connectivity index (χ1v) is 10.7. The summed E-state index contributed by atoms with van der Waals surface area (Å²) in [4.78, 5) is 32.7. The molecule has 4 rings (SSSR count). The number of nitrogens with zero attached hydrogens (tertiary/aromatic N) is 3. The molecule has 1 aromatic heterocycles. The quantitative estimate of drug-likeness (QED) is 0.748. The van der Waals surface area contributed by atoms with Crippen LogP contribution in [0.4, 0.5) is 0 Å². The minimum Gasteiger partial charge on any atom is -0.490 e. The summed E-state index contributed by atoms with van der Waals surface area (Å²) in [6.45, 7) is 2.01. The van der Waals surface area contributed by atoms with Crippen molar-refractivity contribution in [3.8, 4) is 5.75 Å². The van der Waals surface area contributed by atoms with Crippen molar-refractivity contribution < 1.29 is 14.3 Å². The summed E-state index contributed by atoms with van der Waals surface area (Å²) in [6, 6.07) is 7.36. The number of thiazole rings is 1.